The van der Waals surface area contributed by atoms with E-state index in [9.17, 15) is 8.78 Å². The van der Waals surface area contributed by atoms with Crippen LogP contribution in [0.25, 0.3) is 0 Å². The predicted octanol–water partition coefficient (Wildman–Crippen LogP) is 3.01. The molecule has 1 aromatic carbocycles. The molecule has 12 heavy (non-hydrogen) atoms. The summed E-state index contributed by atoms with van der Waals surface area (Å²) in [6.07, 6.45) is 1.89. The topological polar surface area (TPSA) is 0 Å². The number of halogens is 2. The van der Waals surface area contributed by atoms with Gasteiger partial charge in [-0.1, -0.05) is 6.92 Å². The number of benzene rings is 1. The van der Waals surface area contributed by atoms with E-state index in [1.807, 2.05) is 6.92 Å². The molecule has 1 aliphatic rings. The Bertz CT molecular complexity index is 318. The lowest BCUT2D eigenvalue weighted by Gasteiger charge is -2.03. The highest BCUT2D eigenvalue weighted by Crippen LogP contribution is 2.33. The second-order valence-electron chi connectivity index (χ2n) is 3.40. The van der Waals surface area contributed by atoms with Crippen molar-refractivity contribution in [3.05, 3.63) is 34.9 Å². The van der Waals surface area contributed by atoms with E-state index < -0.39 is 11.6 Å². The third-order valence-electron chi connectivity index (χ3n) is 2.56. The fraction of sp³-hybridized carbons (Fsp3) is 0.400. The minimum absolute atomic E-state index is 0.384. The molecule has 0 heterocycles. The summed E-state index contributed by atoms with van der Waals surface area (Å²) < 4.78 is 25.5. The Morgan fingerprint density at radius 3 is 2.67 bits per heavy atom. The van der Waals surface area contributed by atoms with Gasteiger partial charge in [0.25, 0.3) is 0 Å². The van der Waals surface area contributed by atoms with Gasteiger partial charge < -0.3 is 0 Å². The van der Waals surface area contributed by atoms with E-state index in [-0.39, 0.29) is 0 Å². The van der Waals surface area contributed by atoms with Crippen molar-refractivity contribution < 1.29 is 8.78 Å². The molecule has 0 spiro atoms. The molecule has 2 heteroatoms. The van der Waals surface area contributed by atoms with Crippen LogP contribution in [0.2, 0.25) is 0 Å². The molecule has 0 aliphatic heterocycles. The lowest BCUT2D eigenvalue weighted by molar-refractivity contribution is 0.506. The second-order valence-corrected chi connectivity index (χ2v) is 3.40. The Hall–Kier alpha value is -0.920. The summed E-state index contributed by atoms with van der Waals surface area (Å²) in [5.41, 5.74) is 1.95. The number of hydrogen-bond donors (Lipinski definition) is 0. The van der Waals surface area contributed by atoms with E-state index >= 15 is 0 Å². The Balaban J connectivity index is 2.56. The standard InChI is InChI=1S/C10H10F2/c1-6-2-3-7-4-9(11)10(12)5-8(6)7/h4-6H,2-3H2,1H3. The van der Waals surface area contributed by atoms with Gasteiger partial charge in [-0.15, -0.1) is 0 Å². The summed E-state index contributed by atoms with van der Waals surface area (Å²) in [6.45, 7) is 2.04. The highest BCUT2D eigenvalue weighted by atomic mass is 19.2. The van der Waals surface area contributed by atoms with Gasteiger partial charge in [0.15, 0.2) is 11.6 Å². The molecule has 1 atom stereocenters. The first kappa shape index (κ1) is 7.71. The Labute approximate surface area is 70.2 Å². The molecule has 0 saturated heterocycles. The molecule has 0 saturated carbocycles. The maximum absolute atomic E-state index is 12.8. The smallest absolute Gasteiger partial charge is 0.159 e. The molecule has 0 nitrogen and oxygen atoms in total. The van der Waals surface area contributed by atoms with Gasteiger partial charge >= 0.3 is 0 Å². The summed E-state index contributed by atoms with van der Waals surface area (Å²) in [4.78, 5) is 0. The maximum Gasteiger partial charge on any atom is 0.159 e. The molecule has 0 radical (unpaired) electrons. The second kappa shape index (κ2) is 2.54. The van der Waals surface area contributed by atoms with Crippen LogP contribution in [0.1, 0.15) is 30.4 Å². The molecule has 0 fully saturated rings. The summed E-state index contributed by atoms with van der Waals surface area (Å²) in [6, 6.07) is 2.66. The van der Waals surface area contributed by atoms with Crippen molar-refractivity contribution in [1.29, 1.82) is 0 Å². The van der Waals surface area contributed by atoms with E-state index in [1.165, 1.54) is 12.1 Å². The number of fused-ring (bicyclic) bond motifs is 1. The first-order valence-corrected chi connectivity index (χ1v) is 4.16. The first-order valence-electron chi connectivity index (χ1n) is 4.16. The van der Waals surface area contributed by atoms with Gasteiger partial charge in [-0.25, -0.2) is 8.78 Å². The van der Waals surface area contributed by atoms with Crippen LogP contribution in [0.3, 0.4) is 0 Å². The number of hydrogen-bond acceptors (Lipinski definition) is 0. The van der Waals surface area contributed by atoms with Crippen LogP contribution in [-0.2, 0) is 6.42 Å². The van der Waals surface area contributed by atoms with Crippen LogP contribution in [-0.4, -0.2) is 0 Å². The molecule has 0 amide bonds. The van der Waals surface area contributed by atoms with Crippen molar-refractivity contribution in [3.8, 4) is 0 Å². The minimum Gasteiger partial charge on any atom is -0.204 e. The molecule has 0 aromatic heterocycles. The lowest BCUT2D eigenvalue weighted by Crippen LogP contribution is -1.91. The average Bonchev–Trinajstić information content (AvgIpc) is 2.35. The normalized spacial score (nSPS) is 21.1. The van der Waals surface area contributed by atoms with Crippen molar-refractivity contribution in [3.63, 3.8) is 0 Å². The van der Waals surface area contributed by atoms with Gasteiger partial charge in [0.1, 0.15) is 0 Å². The van der Waals surface area contributed by atoms with Crippen LogP contribution in [0.4, 0.5) is 8.78 Å². The summed E-state index contributed by atoms with van der Waals surface area (Å²) in [5, 5.41) is 0. The Morgan fingerprint density at radius 2 is 1.92 bits per heavy atom. The van der Waals surface area contributed by atoms with Gasteiger partial charge in [0.05, 0.1) is 0 Å². The largest absolute Gasteiger partial charge is 0.204 e. The maximum atomic E-state index is 12.8. The molecule has 1 aliphatic carbocycles. The van der Waals surface area contributed by atoms with Gasteiger partial charge in [0, 0.05) is 0 Å². The lowest BCUT2D eigenvalue weighted by atomic mass is 10.0. The highest BCUT2D eigenvalue weighted by Gasteiger charge is 2.20. The van der Waals surface area contributed by atoms with Gasteiger partial charge in [-0.2, -0.15) is 0 Å². The number of aryl methyl sites for hydroxylation is 1. The van der Waals surface area contributed by atoms with Crippen LogP contribution in [0.15, 0.2) is 12.1 Å². The summed E-state index contributed by atoms with van der Waals surface area (Å²) in [5.74, 6) is -1.06. The number of rotatable bonds is 0. The Morgan fingerprint density at radius 1 is 1.25 bits per heavy atom. The van der Waals surface area contributed by atoms with Crippen molar-refractivity contribution in [2.75, 3.05) is 0 Å². The van der Waals surface area contributed by atoms with Crippen LogP contribution >= 0.6 is 0 Å². The molecule has 0 bridgehead atoms. The van der Waals surface area contributed by atoms with E-state index in [1.54, 1.807) is 0 Å². The van der Waals surface area contributed by atoms with Gasteiger partial charge in [-0.05, 0) is 42.0 Å². The quantitative estimate of drug-likeness (QED) is 0.558. The van der Waals surface area contributed by atoms with Crippen molar-refractivity contribution in [2.45, 2.75) is 25.7 Å². The molecule has 1 aromatic rings. The zero-order valence-electron chi connectivity index (χ0n) is 6.90. The molecule has 1 unspecified atom stereocenters. The van der Waals surface area contributed by atoms with Crippen molar-refractivity contribution >= 4 is 0 Å². The molecular weight excluding hydrogens is 158 g/mol. The molecule has 2 rings (SSSR count). The Kier molecular flexibility index (Phi) is 1.63. The third kappa shape index (κ3) is 1.02. The average molecular weight is 168 g/mol. The van der Waals surface area contributed by atoms with E-state index in [0.717, 1.165) is 24.0 Å². The van der Waals surface area contributed by atoms with Crippen molar-refractivity contribution in [2.24, 2.45) is 0 Å². The zero-order valence-corrected chi connectivity index (χ0v) is 6.90. The fourth-order valence-corrected chi connectivity index (χ4v) is 1.81. The predicted molar refractivity (Wildman–Crippen MR) is 43.1 cm³/mol. The molecular formula is C10H10F2. The first-order chi connectivity index (χ1) is 5.68. The van der Waals surface area contributed by atoms with E-state index in [2.05, 4.69) is 0 Å². The molecule has 0 N–H and O–H groups in total. The SMILES string of the molecule is CC1CCc2cc(F)c(F)cc21. The monoisotopic (exact) mass is 168 g/mol. The highest BCUT2D eigenvalue weighted by molar-refractivity contribution is 5.35. The van der Waals surface area contributed by atoms with E-state index in [4.69, 9.17) is 0 Å². The van der Waals surface area contributed by atoms with Crippen molar-refractivity contribution in [1.82, 2.24) is 0 Å². The van der Waals surface area contributed by atoms with Crippen LogP contribution < -0.4 is 0 Å². The van der Waals surface area contributed by atoms with Crippen LogP contribution in [0.5, 0.6) is 0 Å². The van der Waals surface area contributed by atoms with Gasteiger partial charge in [-0.3, -0.25) is 0 Å². The summed E-state index contributed by atoms with van der Waals surface area (Å²) in [7, 11) is 0. The zero-order chi connectivity index (χ0) is 8.72. The van der Waals surface area contributed by atoms with Crippen LogP contribution in [0, 0.1) is 11.6 Å². The molecule has 64 valence electrons. The van der Waals surface area contributed by atoms with Gasteiger partial charge in [0.2, 0.25) is 0 Å². The fourth-order valence-electron chi connectivity index (χ4n) is 1.81. The third-order valence-corrected chi connectivity index (χ3v) is 2.56. The summed E-state index contributed by atoms with van der Waals surface area (Å²) >= 11 is 0. The van der Waals surface area contributed by atoms with E-state index in [0.29, 0.717) is 5.92 Å². The minimum atomic E-state index is -0.720.